The van der Waals surface area contributed by atoms with Crippen LogP contribution in [0.4, 0.5) is 0 Å². The molecule has 0 bridgehead atoms. The monoisotopic (exact) mass is 408 g/mol. The van der Waals surface area contributed by atoms with Gasteiger partial charge in [-0.1, -0.05) is 91.0 Å². The summed E-state index contributed by atoms with van der Waals surface area (Å²) >= 11 is 1.17. The van der Waals surface area contributed by atoms with Crippen LogP contribution in [0.15, 0.2) is 91.0 Å². The fraction of sp³-hybridized carbons (Fsp3) is 0. The van der Waals surface area contributed by atoms with Crippen LogP contribution in [-0.4, -0.2) is 21.1 Å². The van der Waals surface area contributed by atoms with E-state index in [2.05, 4.69) is 10.2 Å². The van der Waals surface area contributed by atoms with E-state index < -0.39 is 0 Å². The summed E-state index contributed by atoms with van der Waals surface area (Å²) in [7, 11) is 0. The van der Waals surface area contributed by atoms with Gasteiger partial charge in [-0.3, -0.25) is 4.79 Å². The van der Waals surface area contributed by atoms with Crippen molar-refractivity contribution >= 4 is 27.3 Å². The summed E-state index contributed by atoms with van der Waals surface area (Å²) in [5.74, 6) is -0.272. The van der Waals surface area contributed by atoms with Gasteiger partial charge in [0.15, 0.2) is 4.83 Å². The highest BCUT2D eigenvalue weighted by Crippen LogP contribution is 2.45. The number of thiophene rings is 1. The highest BCUT2D eigenvalue weighted by Gasteiger charge is 2.25. The molecule has 0 radical (unpaired) electrons. The van der Waals surface area contributed by atoms with Crippen LogP contribution in [0.3, 0.4) is 0 Å². The van der Waals surface area contributed by atoms with Gasteiger partial charge in [0.2, 0.25) is 5.78 Å². The molecule has 5 rings (SSSR count). The van der Waals surface area contributed by atoms with Crippen LogP contribution in [0.1, 0.15) is 15.2 Å². The first-order chi connectivity index (χ1) is 14.7. The molecule has 1 N–H and O–H groups in total. The fourth-order valence-corrected chi connectivity index (χ4v) is 4.51. The number of fused-ring (bicyclic) bond motifs is 1. The lowest BCUT2D eigenvalue weighted by molar-refractivity contribution is 0.104. The zero-order chi connectivity index (χ0) is 20.5. The van der Waals surface area contributed by atoms with Crippen molar-refractivity contribution in [3.8, 4) is 28.1 Å². The number of aromatic nitrogens is 2. The lowest BCUT2D eigenvalue weighted by Crippen LogP contribution is -1.98. The minimum atomic E-state index is -0.226. The van der Waals surface area contributed by atoms with Crippen LogP contribution < -0.4 is 0 Å². The predicted molar refractivity (Wildman–Crippen MR) is 120 cm³/mol. The molecular formula is C25H16N2O2S. The Hall–Kier alpha value is -3.83. The Morgan fingerprint density at radius 1 is 0.733 bits per heavy atom. The number of hydrogen-bond acceptors (Lipinski definition) is 5. The molecule has 2 heterocycles. The van der Waals surface area contributed by atoms with Gasteiger partial charge in [-0.15, -0.1) is 21.5 Å². The van der Waals surface area contributed by atoms with E-state index in [0.29, 0.717) is 21.5 Å². The quantitative estimate of drug-likeness (QED) is 0.373. The molecule has 0 saturated heterocycles. The zero-order valence-corrected chi connectivity index (χ0v) is 16.6. The molecule has 5 heteroatoms. The van der Waals surface area contributed by atoms with Crippen LogP contribution in [0, 0.1) is 0 Å². The minimum Gasteiger partial charge on any atom is -0.506 e. The molecule has 0 saturated carbocycles. The van der Waals surface area contributed by atoms with Crippen molar-refractivity contribution in [2.45, 2.75) is 0 Å². The van der Waals surface area contributed by atoms with Crippen molar-refractivity contribution < 1.29 is 9.90 Å². The summed E-state index contributed by atoms with van der Waals surface area (Å²) in [4.78, 5) is 13.8. The smallest absolute Gasteiger partial charge is 0.206 e. The van der Waals surface area contributed by atoms with Gasteiger partial charge in [-0.25, -0.2) is 0 Å². The minimum absolute atomic E-state index is 0.0465. The Kier molecular flexibility index (Phi) is 4.58. The van der Waals surface area contributed by atoms with Crippen LogP contribution in [0.25, 0.3) is 32.6 Å². The van der Waals surface area contributed by atoms with E-state index in [-0.39, 0.29) is 16.4 Å². The van der Waals surface area contributed by atoms with E-state index in [0.717, 1.165) is 16.7 Å². The summed E-state index contributed by atoms with van der Waals surface area (Å²) in [6.45, 7) is 0. The SMILES string of the molecule is O=C(c1ccccc1)c1sc2nnc(-c3ccccc3)c(-c3ccccc3)c2c1O. The molecule has 0 aliphatic rings. The Labute approximate surface area is 177 Å². The van der Waals surface area contributed by atoms with E-state index in [9.17, 15) is 9.90 Å². The normalized spacial score (nSPS) is 10.9. The summed E-state index contributed by atoms with van der Waals surface area (Å²) in [5, 5.41) is 20.5. The lowest BCUT2D eigenvalue weighted by atomic mass is 9.96. The van der Waals surface area contributed by atoms with E-state index in [1.165, 1.54) is 11.3 Å². The first-order valence-electron chi connectivity index (χ1n) is 9.47. The van der Waals surface area contributed by atoms with Gasteiger partial charge in [-0.2, -0.15) is 0 Å². The molecule has 0 amide bonds. The van der Waals surface area contributed by atoms with Crippen LogP contribution in [-0.2, 0) is 0 Å². The molecule has 30 heavy (non-hydrogen) atoms. The molecule has 0 fully saturated rings. The summed E-state index contributed by atoms with van der Waals surface area (Å²) in [6.07, 6.45) is 0. The number of carbonyl (C=O) groups excluding carboxylic acids is 1. The summed E-state index contributed by atoms with van der Waals surface area (Å²) in [6, 6.07) is 28.4. The van der Waals surface area contributed by atoms with Crippen molar-refractivity contribution in [1.82, 2.24) is 10.2 Å². The third-order valence-corrected chi connectivity index (χ3v) is 6.01. The van der Waals surface area contributed by atoms with Gasteiger partial charge in [0.25, 0.3) is 0 Å². The molecule has 5 aromatic rings. The van der Waals surface area contributed by atoms with Crippen molar-refractivity contribution in [1.29, 1.82) is 0 Å². The fourth-order valence-electron chi connectivity index (χ4n) is 3.53. The maximum absolute atomic E-state index is 13.0. The molecule has 0 aliphatic carbocycles. The Morgan fingerprint density at radius 2 is 1.30 bits per heavy atom. The van der Waals surface area contributed by atoms with E-state index in [1.807, 2.05) is 66.7 Å². The molecular weight excluding hydrogens is 392 g/mol. The average molecular weight is 408 g/mol. The molecule has 0 aliphatic heterocycles. The summed E-state index contributed by atoms with van der Waals surface area (Å²) in [5.41, 5.74) is 3.76. The first-order valence-corrected chi connectivity index (χ1v) is 10.3. The van der Waals surface area contributed by atoms with Gasteiger partial charge >= 0.3 is 0 Å². The molecule has 0 spiro atoms. The summed E-state index contributed by atoms with van der Waals surface area (Å²) < 4.78 is 0. The van der Waals surface area contributed by atoms with E-state index in [1.54, 1.807) is 24.3 Å². The number of rotatable bonds is 4. The molecule has 0 atom stereocenters. The van der Waals surface area contributed by atoms with Crippen molar-refractivity contribution in [2.75, 3.05) is 0 Å². The van der Waals surface area contributed by atoms with Gasteiger partial charge in [-0.05, 0) is 5.56 Å². The third-order valence-electron chi connectivity index (χ3n) is 4.94. The van der Waals surface area contributed by atoms with Gasteiger partial charge < -0.3 is 5.11 Å². The number of aromatic hydroxyl groups is 1. The number of carbonyl (C=O) groups is 1. The van der Waals surface area contributed by atoms with Crippen molar-refractivity contribution in [3.05, 3.63) is 101 Å². The van der Waals surface area contributed by atoms with Crippen LogP contribution >= 0.6 is 11.3 Å². The van der Waals surface area contributed by atoms with Crippen molar-refractivity contribution in [2.24, 2.45) is 0 Å². The Balaban J connectivity index is 1.80. The maximum atomic E-state index is 13.0. The van der Waals surface area contributed by atoms with Gasteiger partial charge in [0.1, 0.15) is 16.3 Å². The van der Waals surface area contributed by atoms with Gasteiger partial charge in [0.05, 0.1) is 5.39 Å². The number of nitrogens with zero attached hydrogens (tertiary/aromatic N) is 2. The molecule has 3 aromatic carbocycles. The largest absolute Gasteiger partial charge is 0.506 e. The highest BCUT2D eigenvalue weighted by molar-refractivity contribution is 7.21. The standard InChI is InChI=1S/C25H16N2O2S/c28-22(18-14-8-3-9-15-18)24-23(29)20-19(16-10-4-1-5-11-16)21(26-27-25(20)30-24)17-12-6-2-7-13-17/h1-15,29H. The van der Waals surface area contributed by atoms with Crippen LogP contribution in [0.5, 0.6) is 5.75 Å². The Bertz CT molecular complexity index is 1350. The maximum Gasteiger partial charge on any atom is 0.206 e. The number of ketones is 1. The Morgan fingerprint density at radius 3 is 1.93 bits per heavy atom. The first kappa shape index (κ1) is 18.2. The van der Waals surface area contributed by atoms with Gasteiger partial charge in [0, 0.05) is 16.7 Å². The molecule has 144 valence electrons. The highest BCUT2D eigenvalue weighted by atomic mass is 32.1. The van der Waals surface area contributed by atoms with Crippen molar-refractivity contribution in [3.63, 3.8) is 0 Å². The molecule has 2 aromatic heterocycles. The lowest BCUT2D eigenvalue weighted by Gasteiger charge is -2.10. The second-order valence-electron chi connectivity index (χ2n) is 6.81. The molecule has 0 unspecified atom stereocenters. The van der Waals surface area contributed by atoms with E-state index >= 15 is 0 Å². The topological polar surface area (TPSA) is 63.1 Å². The van der Waals surface area contributed by atoms with Crippen LogP contribution in [0.2, 0.25) is 0 Å². The predicted octanol–water partition coefficient (Wildman–Crippen LogP) is 5.96. The average Bonchev–Trinajstić information content (AvgIpc) is 3.16. The number of hydrogen-bond donors (Lipinski definition) is 1. The van der Waals surface area contributed by atoms with E-state index in [4.69, 9.17) is 0 Å². The number of benzene rings is 3. The second kappa shape index (κ2) is 7.54. The zero-order valence-electron chi connectivity index (χ0n) is 15.8. The molecule has 4 nitrogen and oxygen atoms in total. The second-order valence-corrected chi connectivity index (χ2v) is 7.81. The third kappa shape index (κ3) is 3.06.